The maximum atomic E-state index is 12.0. The molecule has 0 aliphatic carbocycles. The molecule has 1 rings (SSSR count). The van der Waals surface area contributed by atoms with Gasteiger partial charge >= 0.3 is 0 Å². The van der Waals surface area contributed by atoms with Crippen molar-refractivity contribution in [3.05, 3.63) is 23.9 Å². The Morgan fingerprint density at radius 1 is 1.44 bits per heavy atom. The Morgan fingerprint density at radius 2 is 2.22 bits per heavy atom. The number of unbranched alkanes of at least 4 members (excludes halogenated alkanes) is 1. The number of carbonyl (C=O) groups excluding carboxylic acids is 1. The van der Waals surface area contributed by atoms with Crippen LogP contribution in [-0.4, -0.2) is 45.2 Å². The molecule has 1 N–H and O–H groups in total. The van der Waals surface area contributed by atoms with Crippen molar-refractivity contribution >= 4 is 11.7 Å². The minimum atomic E-state index is -0.0794. The van der Waals surface area contributed by atoms with Gasteiger partial charge in [-0.25, -0.2) is 4.98 Å². The van der Waals surface area contributed by atoms with Crippen LogP contribution in [0, 0.1) is 0 Å². The molecule has 0 saturated heterocycles. The van der Waals surface area contributed by atoms with Gasteiger partial charge in [0.15, 0.2) is 0 Å². The topological polar surface area (TPSA) is 54.5 Å². The Labute approximate surface area is 108 Å². The second-order valence-electron chi connectivity index (χ2n) is 4.22. The predicted molar refractivity (Wildman–Crippen MR) is 72.0 cm³/mol. The fourth-order valence-electron chi connectivity index (χ4n) is 1.60. The molecule has 1 amide bonds. The summed E-state index contributed by atoms with van der Waals surface area (Å²) >= 11 is 0. The lowest BCUT2D eigenvalue weighted by Gasteiger charge is -2.15. The van der Waals surface area contributed by atoms with Crippen molar-refractivity contribution in [1.29, 1.82) is 0 Å². The number of rotatable bonds is 7. The van der Waals surface area contributed by atoms with E-state index in [1.807, 2.05) is 19.0 Å². The van der Waals surface area contributed by atoms with Crippen LogP contribution in [0.15, 0.2) is 18.3 Å². The average Bonchev–Trinajstić information content (AvgIpc) is 2.38. The molecule has 0 aliphatic rings. The zero-order chi connectivity index (χ0) is 13.4. The van der Waals surface area contributed by atoms with Gasteiger partial charge < -0.3 is 15.0 Å². The summed E-state index contributed by atoms with van der Waals surface area (Å²) in [6.07, 6.45) is 3.55. The van der Waals surface area contributed by atoms with Crippen molar-refractivity contribution in [2.75, 3.05) is 39.3 Å². The minimum absolute atomic E-state index is 0.0794. The molecule has 5 nitrogen and oxygen atoms in total. The molecule has 0 saturated carbocycles. The first kappa shape index (κ1) is 14.4. The third-order valence-corrected chi connectivity index (χ3v) is 2.52. The van der Waals surface area contributed by atoms with E-state index in [4.69, 9.17) is 4.74 Å². The fourth-order valence-corrected chi connectivity index (χ4v) is 1.60. The van der Waals surface area contributed by atoms with Crippen LogP contribution < -0.4 is 10.2 Å². The van der Waals surface area contributed by atoms with Crippen LogP contribution >= 0.6 is 0 Å². The van der Waals surface area contributed by atoms with Crippen molar-refractivity contribution < 1.29 is 9.53 Å². The number of methoxy groups -OCH3 is 1. The first-order valence-corrected chi connectivity index (χ1v) is 6.06. The number of hydrogen-bond donors (Lipinski definition) is 1. The van der Waals surface area contributed by atoms with Crippen LogP contribution in [-0.2, 0) is 4.74 Å². The lowest BCUT2D eigenvalue weighted by Crippen LogP contribution is -2.27. The Kier molecular flexibility index (Phi) is 6.14. The molecule has 0 atom stereocenters. The van der Waals surface area contributed by atoms with Gasteiger partial charge in [-0.05, 0) is 25.0 Å². The lowest BCUT2D eigenvalue weighted by atomic mass is 10.2. The summed E-state index contributed by atoms with van der Waals surface area (Å²) in [5.41, 5.74) is 0.606. The highest BCUT2D eigenvalue weighted by Gasteiger charge is 2.12. The second-order valence-corrected chi connectivity index (χ2v) is 4.22. The van der Waals surface area contributed by atoms with Crippen LogP contribution in [0.25, 0.3) is 0 Å². The molecular weight excluding hydrogens is 230 g/mol. The van der Waals surface area contributed by atoms with Crippen molar-refractivity contribution in [3.63, 3.8) is 0 Å². The average molecular weight is 251 g/mol. The number of anilines is 1. The molecule has 5 heteroatoms. The van der Waals surface area contributed by atoms with E-state index in [1.165, 1.54) is 0 Å². The van der Waals surface area contributed by atoms with Crippen molar-refractivity contribution in [1.82, 2.24) is 10.3 Å². The number of aromatic nitrogens is 1. The van der Waals surface area contributed by atoms with E-state index in [9.17, 15) is 4.79 Å². The van der Waals surface area contributed by atoms with Gasteiger partial charge in [0.1, 0.15) is 5.82 Å². The summed E-state index contributed by atoms with van der Waals surface area (Å²) in [5.74, 6) is 0.608. The standard InChI is InChI=1S/C13H21N3O2/c1-16(2)12-11(7-6-9-14-12)13(17)15-8-4-5-10-18-3/h6-7,9H,4-5,8,10H2,1-3H3,(H,15,17). The largest absolute Gasteiger partial charge is 0.385 e. The zero-order valence-corrected chi connectivity index (χ0v) is 11.3. The summed E-state index contributed by atoms with van der Waals surface area (Å²) in [7, 11) is 5.42. The summed E-state index contributed by atoms with van der Waals surface area (Å²) in [6, 6.07) is 3.56. The Balaban J connectivity index is 2.51. The van der Waals surface area contributed by atoms with Gasteiger partial charge in [-0.1, -0.05) is 0 Å². The van der Waals surface area contributed by atoms with E-state index in [1.54, 1.807) is 25.4 Å². The van der Waals surface area contributed by atoms with E-state index >= 15 is 0 Å². The van der Waals surface area contributed by atoms with Crippen molar-refractivity contribution in [2.45, 2.75) is 12.8 Å². The Morgan fingerprint density at radius 3 is 2.89 bits per heavy atom. The number of nitrogens with zero attached hydrogens (tertiary/aromatic N) is 2. The number of carbonyl (C=O) groups is 1. The SMILES string of the molecule is COCCCCNC(=O)c1cccnc1N(C)C. The highest BCUT2D eigenvalue weighted by atomic mass is 16.5. The highest BCUT2D eigenvalue weighted by Crippen LogP contribution is 2.13. The molecule has 0 fully saturated rings. The third kappa shape index (κ3) is 4.33. The summed E-state index contributed by atoms with van der Waals surface area (Å²) in [4.78, 5) is 18.0. The molecule has 0 aromatic carbocycles. The molecule has 1 aromatic rings. The molecule has 18 heavy (non-hydrogen) atoms. The maximum absolute atomic E-state index is 12.0. The Bertz CT molecular complexity index is 380. The third-order valence-electron chi connectivity index (χ3n) is 2.52. The van der Waals surface area contributed by atoms with E-state index in [0.717, 1.165) is 19.4 Å². The number of amides is 1. The van der Waals surface area contributed by atoms with Crippen molar-refractivity contribution in [2.24, 2.45) is 0 Å². The van der Waals surface area contributed by atoms with Crippen LogP contribution in [0.2, 0.25) is 0 Å². The summed E-state index contributed by atoms with van der Waals surface area (Å²) in [5, 5.41) is 2.89. The quantitative estimate of drug-likeness (QED) is 0.742. The molecule has 0 spiro atoms. The first-order valence-electron chi connectivity index (χ1n) is 6.06. The molecule has 1 heterocycles. The molecule has 1 aromatic heterocycles. The van der Waals surface area contributed by atoms with Crippen LogP contribution in [0.4, 0.5) is 5.82 Å². The van der Waals surface area contributed by atoms with Gasteiger partial charge in [0.2, 0.25) is 0 Å². The van der Waals surface area contributed by atoms with Gasteiger partial charge in [0.25, 0.3) is 5.91 Å². The van der Waals surface area contributed by atoms with Crippen LogP contribution in [0.5, 0.6) is 0 Å². The van der Waals surface area contributed by atoms with Crippen LogP contribution in [0.3, 0.4) is 0 Å². The van der Waals surface area contributed by atoms with Gasteiger partial charge in [-0.15, -0.1) is 0 Å². The fraction of sp³-hybridized carbons (Fsp3) is 0.538. The molecule has 100 valence electrons. The zero-order valence-electron chi connectivity index (χ0n) is 11.3. The number of ether oxygens (including phenoxy) is 1. The highest BCUT2D eigenvalue weighted by molar-refractivity contribution is 5.98. The summed E-state index contributed by atoms with van der Waals surface area (Å²) < 4.78 is 4.95. The van der Waals surface area contributed by atoms with Gasteiger partial charge in [-0.3, -0.25) is 4.79 Å². The number of nitrogens with one attached hydrogen (secondary N) is 1. The van der Waals surface area contributed by atoms with E-state index in [2.05, 4.69) is 10.3 Å². The second kappa shape index (κ2) is 7.66. The van der Waals surface area contributed by atoms with E-state index in [-0.39, 0.29) is 5.91 Å². The smallest absolute Gasteiger partial charge is 0.255 e. The number of hydrogen-bond acceptors (Lipinski definition) is 4. The molecule has 0 radical (unpaired) electrons. The van der Waals surface area contributed by atoms with Crippen LogP contribution in [0.1, 0.15) is 23.2 Å². The monoisotopic (exact) mass is 251 g/mol. The summed E-state index contributed by atoms with van der Waals surface area (Å²) in [6.45, 7) is 1.38. The normalized spacial score (nSPS) is 10.2. The van der Waals surface area contributed by atoms with Gasteiger partial charge in [0.05, 0.1) is 5.56 Å². The minimum Gasteiger partial charge on any atom is -0.385 e. The molecule has 0 unspecified atom stereocenters. The van der Waals surface area contributed by atoms with Crippen molar-refractivity contribution in [3.8, 4) is 0 Å². The molecular formula is C13H21N3O2. The van der Waals surface area contributed by atoms with Gasteiger partial charge in [-0.2, -0.15) is 0 Å². The number of pyridine rings is 1. The predicted octanol–water partition coefficient (Wildman–Crippen LogP) is 1.30. The lowest BCUT2D eigenvalue weighted by molar-refractivity contribution is 0.0951. The van der Waals surface area contributed by atoms with E-state index < -0.39 is 0 Å². The Hall–Kier alpha value is -1.62. The molecule has 0 bridgehead atoms. The molecule has 0 aliphatic heterocycles. The van der Waals surface area contributed by atoms with Gasteiger partial charge in [0, 0.05) is 40.6 Å². The maximum Gasteiger partial charge on any atom is 0.255 e. The van der Waals surface area contributed by atoms with E-state index in [0.29, 0.717) is 17.9 Å². The first-order chi connectivity index (χ1) is 8.66.